The number of aryl methyl sites for hydroxylation is 1. The Kier molecular flexibility index (Phi) is 4.84. The zero-order chi connectivity index (χ0) is 17.8. The smallest absolute Gasteiger partial charge is 0.328 e. The van der Waals surface area contributed by atoms with Crippen molar-refractivity contribution in [2.24, 2.45) is 7.05 Å². The van der Waals surface area contributed by atoms with Crippen LogP contribution in [0.15, 0.2) is 60.7 Å². The van der Waals surface area contributed by atoms with Crippen LogP contribution in [0.3, 0.4) is 0 Å². The van der Waals surface area contributed by atoms with Crippen molar-refractivity contribution < 1.29 is 14.3 Å². The molecule has 128 valence electrons. The molecule has 5 heteroatoms. The van der Waals surface area contributed by atoms with Gasteiger partial charge in [0.15, 0.2) is 0 Å². The Morgan fingerprint density at radius 3 is 2.44 bits per heavy atom. The Labute approximate surface area is 146 Å². The molecule has 0 aliphatic heterocycles. The maximum atomic E-state index is 12.7. The van der Waals surface area contributed by atoms with Crippen LogP contribution in [0.2, 0.25) is 0 Å². The van der Waals surface area contributed by atoms with E-state index in [1.165, 1.54) is 7.11 Å². The SMILES string of the molecule is COC(=O)[C@@H](Cc1ccccc1)NC(=O)c1cc2ccccc2n1C. The first-order valence-corrected chi connectivity index (χ1v) is 8.07. The number of esters is 1. The zero-order valence-electron chi connectivity index (χ0n) is 14.2. The Bertz CT molecular complexity index is 900. The van der Waals surface area contributed by atoms with Crippen LogP contribution in [0, 0.1) is 0 Å². The zero-order valence-corrected chi connectivity index (χ0v) is 14.2. The minimum absolute atomic E-state index is 0.301. The Morgan fingerprint density at radius 1 is 1.08 bits per heavy atom. The number of hydrogen-bond donors (Lipinski definition) is 1. The molecule has 0 spiro atoms. The largest absolute Gasteiger partial charge is 0.467 e. The molecule has 0 aliphatic carbocycles. The molecule has 0 unspecified atom stereocenters. The van der Waals surface area contributed by atoms with E-state index in [9.17, 15) is 9.59 Å². The predicted octanol–water partition coefficient (Wildman–Crippen LogP) is 2.69. The van der Waals surface area contributed by atoms with Crippen LogP contribution in [-0.2, 0) is 23.0 Å². The van der Waals surface area contributed by atoms with E-state index in [1.54, 1.807) is 0 Å². The van der Waals surface area contributed by atoms with Gasteiger partial charge in [0.2, 0.25) is 0 Å². The van der Waals surface area contributed by atoms with Crippen LogP contribution >= 0.6 is 0 Å². The number of nitrogens with one attached hydrogen (secondary N) is 1. The molecular formula is C20H20N2O3. The third-order valence-electron chi connectivity index (χ3n) is 4.26. The number of fused-ring (bicyclic) bond motifs is 1. The number of hydrogen-bond acceptors (Lipinski definition) is 3. The number of ether oxygens (including phenoxy) is 1. The van der Waals surface area contributed by atoms with Crippen molar-refractivity contribution in [1.82, 2.24) is 9.88 Å². The maximum Gasteiger partial charge on any atom is 0.328 e. The molecule has 0 aliphatic rings. The summed E-state index contributed by atoms with van der Waals surface area (Å²) < 4.78 is 6.67. The van der Waals surface area contributed by atoms with E-state index in [0.29, 0.717) is 12.1 Å². The lowest BCUT2D eigenvalue weighted by molar-refractivity contribution is -0.142. The summed E-state index contributed by atoms with van der Waals surface area (Å²) in [4.78, 5) is 24.8. The van der Waals surface area contributed by atoms with Gasteiger partial charge in [0.25, 0.3) is 5.91 Å². The van der Waals surface area contributed by atoms with Gasteiger partial charge in [-0.15, -0.1) is 0 Å². The summed E-state index contributed by atoms with van der Waals surface area (Å²) in [5.74, 6) is -0.763. The highest BCUT2D eigenvalue weighted by atomic mass is 16.5. The van der Waals surface area contributed by atoms with E-state index in [1.807, 2.05) is 72.3 Å². The van der Waals surface area contributed by atoms with Crippen molar-refractivity contribution in [2.75, 3.05) is 7.11 Å². The normalized spacial score (nSPS) is 11.9. The van der Waals surface area contributed by atoms with Crippen molar-refractivity contribution in [3.63, 3.8) is 0 Å². The standard InChI is InChI=1S/C20H20N2O3/c1-22-17-11-7-6-10-15(17)13-18(22)19(23)21-16(20(24)25-2)12-14-8-4-3-5-9-14/h3-11,13,16H,12H2,1-2H3,(H,21,23)/t16-/m1/s1. The molecular weight excluding hydrogens is 316 g/mol. The lowest BCUT2D eigenvalue weighted by Gasteiger charge is -2.17. The molecule has 0 radical (unpaired) electrons. The summed E-state index contributed by atoms with van der Waals surface area (Å²) in [7, 11) is 3.16. The second kappa shape index (κ2) is 7.21. The summed E-state index contributed by atoms with van der Waals surface area (Å²) >= 11 is 0. The predicted molar refractivity (Wildman–Crippen MR) is 96.3 cm³/mol. The fourth-order valence-corrected chi connectivity index (χ4v) is 2.92. The third kappa shape index (κ3) is 3.55. The summed E-state index contributed by atoms with van der Waals surface area (Å²) in [5, 5.41) is 3.78. The molecule has 1 heterocycles. The molecule has 5 nitrogen and oxygen atoms in total. The number of nitrogens with zero attached hydrogens (tertiary/aromatic N) is 1. The van der Waals surface area contributed by atoms with E-state index in [0.717, 1.165) is 16.5 Å². The van der Waals surface area contributed by atoms with E-state index in [-0.39, 0.29) is 5.91 Å². The van der Waals surface area contributed by atoms with Gasteiger partial charge < -0.3 is 14.6 Å². The quantitative estimate of drug-likeness (QED) is 0.729. The van der Waals surface area contributed by atoms with Gasteiger partial charge in [-0.1, -0.05) is 48.5 Å². The minimum Gasteiger partial charge on any atom is -0.467 e. The number of carbonyl (C=O) groups is 2. The summed E-state index contributed by atoms with van der Waals surface area (Å²) in [6.45, 7) is 0. The number of methoxy groups -OCH3 is 1. The molecule has 1 atom stereocenters. The number of carbonyl (C=O) groups excluding carboxylic acids is 2. The van der Waals surface area contributed by atoms with Gasteiger partial charge in [-0.2, -0.15) is 0 Å². The molecule has 3 rings (SSSR count). The van der Waals surface area contributed by atoms with Gasteiger partial charge in [-0.3, -0.25) is 4.79 Å². The summed E-state index contributed by atoms with van der Waals surface area (Å²) in [6, 6.07) is 18.4. The lowest BCUT2D eigenvalue weighted by atomic mass is 10.1. The van der Waals surface area contributed by atoms with Gasteiger partial charge in [-0.05, 0) is 17.7 Å². The van der Waals surface area contributed by atoms with Gasteiger partial charge in [0.1, 0.15) is 11.7 Å². The average molecular weight is 336 g/mol. The minimum atomic E-state index is -0.738. The average Bonchev–Trinajstić information content (AvgIpc) is 2.98. The van der Waals surface area contributed by atoms with E-state index >= 15 is 0 Å². The number of amides is 1. The monoisotopic (exact) mass is 336 g/mol. The fraction of sp³-hybridized carbons (Fsp3) is 0.200. The van der Waals surface area contributed by atoms with E-state index in [4.69, 9.17) is 4.74 Å². The molecule has 2 aromatic carbocycles. The summed E-state index contributed by atoms with van der Waals surface area (Å²) in [6.07, 6.45) is 0.378. The van der Waals surface area contributed by atoms with Crippen molar-refractivity contribution in [3.05, 3.63) is 71.9 Å². The molecule has 0 saturated carbocycles. The van der Waals surface area contributed by atoms with E-state index < -0.39 is 12.0 Å². The van der Waals surface area contributed by atoms with Gasteiger partial charge >= 0.3 is 5.97 Å². The second-order valence-electron chi connectivity index (χ2n) is 5.89. The molecule has 3 aromatic rings. The first-order valence-electron chi connectivity index (χ1n) is 8.07. The van der Waals surface area contributed by atoms with E-state index in [2.05, 4.69) is 5.32 Å². The summed E-state index contributed by atoms with van der Waals surface area (Å²) in [5.41, 5.74) is 2.42. The molecule has 0 bridgehead atoms. The van der Waals surface area contributed by atoms with Crippen LogP contribution in [0.1, 0.15) is 16.1 Å². The first kappa shape index (κ1) is 16.8. The third-order valence-corrected chi connectivity index (χ3v) is 4.26. The highest BCUT2D eigenvalue weighted by Crippen LogP contribution is 2.18. The number of aromatic nitrogens is 1. The molecule has 1 N–H and O–H groups in total. The van der Waals surface area contributed by atoms with Crippen LogP contribution in [0.5, 0.6) is 0 Å². The van der Waals surface area contributed by atoms with Crippen molar-refractivity contribution in [1.29, 1.82) is 0 Å². The van der Waals surface area contributed by atoms with Crippen LogP contribution in [-0.4, -0.2) is 29.6 Å². The Hall–Kier alpha value is -3.08. The molecule has 0 fully saturated rings. The first-order chi connectivity index (χ1) is 12.1. The number of benzene rings is 2. The highest BCUT2D eigenvalue weighted by Gasteiger charge is 2.24. The van der Waals surface area contributed by atoms with Crippen molar-refractivity contribution in [3.8, 4) is 0 Å². The maximum absolute atomic E-state index is 12.7. The Morgan fingerprint density at radius 2 is 1.76 bits per heavy atom. The molecule has 1 amide bonds. The number of para-hydroxylation sites is 1. The van der Waals surface area contributed by atoms with Crippen molar-refractivity contribution >= 4 is 22.8 Å². The van der Waals surface area contributed by atoms with Crippen LogP contribution in [0.4, 0.5) is 0 Å². The molecule has 25 heavy (non-hydrogen) atoms. The second-order valence-corrected chi connectivity index (χ2v) is 5.89. The highest BCUT2D eigenvalue weighted by molar-refractivity contribution is 6.00. The molecule has 1 aromatic heterocycles. The molecule has 0 saturated heterocycles. The van der Waals surface area contributed by atoms with Crippen molar-refractivity contribution in [2.45, 2.75) is 12.5 Å². The number of rotatable bonds is 5. The van der Waals surface area contributed by atoms with Gasteiger partial charge in [0.05, 0.1) is 7.11 Å². The topological polar surface area (TPSA) is 60.3 Å². The van der Waals surface area contributed by atoms with Gasteiger partial charge in [-0.25, -0.2) is 4.79 Å². The van der Waals surface area contributed by atoms with Gasteiger partial charge in [0, 0.05) is 24.4 Å². The lowest BCUT2D eigenvalue weighted by Crippen LogP contribution is -2.43. The fourth-order valence-electron chi connectivity index (χ4n) is 2.92. The van der Waals surface area contributed by atoms with Crippen LogP contribution in [0.25, 0.3) is 10.9 Å². The Balaban J connectivity index is 1.84. The van der Waals surface area contributed by atoms with Crippen LogP contribution < -0.4 is 5.32 Å².